The number of nitrogens with two attached hydrogens (primary N) is 1. The van der Waals surface area contributed by atoms with Crippen LogP contribution in [0.1, 0.15) is 11.4 Å². The monoisotopic (exact) mass is 318 g/mol. The molecule has 0 amide bonds. The minimum Gasteiger partial charge on any atom is -0.396 e. The number of allylic oxidation sites excluding steroid dienone is 1. The average molecular weight is 319 g/mol. The first kappa shape index (κ1) is 15.8. The lowest BCUT2D eigenvalue weighted by Crippen LogP contribution is -2.10. The molecule has 0 aliphatic rings. The molecular weight excluding hydrogens is 307 g/mol. The second-order valence-corrected chi connectivity index (χ2v) is 4.58. The van der Waals surface area contributed by atoms with Gasteiger partial charge in [-0.15, -0.1) is 0 Å². The Hall–Kier alpha value is -2.60. The van der Waals surface area contributed by atoms with Gasteiger partial charge >= 0.3 is 0 Å². The van der Waals surface area contributed by atoms with E-state index in [1.165, 1.54) is 24.5 Å². The summed E-state index contributed by atoms with van der Waals surface area (Å²) in [5.41, 5.74) is 6.20. The standard InChI is InChI=1S/C15H12ClFN4O/c16-14(22)13(8-12(18)15-19-6-3-7-20-15)21-9-10-4-1-2-5-11(10)17/h1-8H,9,18H2. The maximum Gasteiger partial charge on any atom is 0.270 e. The van der Waals surface area contributed by atoms with Gasteiger partial charge in [-0.25, -0.2) is 14.4 Å². The maximum absolute atomic E-state index is 13.5. The highest BCUT2D eigenvalue weighted by Gasteiger charge is 2.09. The molecule has 22 heavy (non-hydrogen) atoms. The Morgan fingerprint density at radius 1 is 1.27 bits per heavy atom. The maximum atomic E-state index is 13.5. The number of aliphatic imine (C=N–C) groups is 1. The number of aromatic nitrogens is 2. The van der Waals surface area contributed by atoms with Gasteiger partial charge in [-0.3, -0.25) is 9.79 Å². The van der Waals surface area contributed by atoms with Crippen LogP contribution in [0.2, 0.25) is 0 Å². The minimum atomic E-state index is -0.796. The Morgan fingerprint density at radius 3 is 2.59 bits per heavy atom. The van der Waals surface area contributed by atoms with Crippen molar-refractivity contribution in [3.63, 3.8) is 0 Å². The van der Waals surface area contributed by atoms with E-state index in [-0.39, 0.29) is 23.8 Å². The zero-order valence-electron chi connectivity index (χ0n) is 11.4. The first-order valence-electron chi connectivity index (χ1n) is 6.30. The van der Waals surface area contributed by atoms with Crippen LogP contribution in [-0.2, 0) is 11.3 Å². The predicted octanol–water partition coefficient (Wildman–Crippen LogP) is 2.32. The van der Waals surface area contributed by atoms with E-state index in [2.05, 4.69) is 15.0 Å². The van der Waals surface area contributed by atoms with Gasteiger partial charge in [-0.05, 0) is 29.8 Å². The second-order valence-electron chi connectivity index (χ2n) is 4.24. The molecule has 5 nitrogen and oxygen atoms in total. The lowest BCUT2D eigenvalue weighted by Gasteiger charge is -2.02. The van der Waals surface area contributed by atoms with E-state index in [0.717, 1.165) is 0 Å². The van der Waals surface area contributed by atoms with Crippen molar-refractivity contribution in [1.29, 1.82) is 0 Å². The number of carbonyl (C=O) groups excluding carboxylic acids is 1. The summed E-state index contributed by atoms with van der Waals surface area (Å²) in [6.07, 6.45) is 4.30. The molecule has 1 aromatic heterocycles. The molecule has 0 radical (unpaired) electrons. The summed E-state index contributed by atoms with van der Waals surface area (Å²) < 4.78 is 13.5. The average Bonchev–Trinajstić information content (AvgIpc) is 2.53. The molecule has 2 aromatic rings. The molecule has 1 aromatic carbocycles. The number of hydrogen-bond donors (Lipinski definition) is 1. The Balaban J connectivity index is 2.25. The van der Waals surface area contributed by atoms with Gasteiger partial charge in [0.05, 0.1) is 12.2 Å². The molecule has 0 fully saturated rings. The van der Waals surface area contributed by atoms with Crippen molar-refractivity contribution < 1.29 is 9.18 Å². The molecule has 0 unspecified atom stereocenters. The van der Waals surface area contributed by atoms with Crippen LogP contribution in [0.4, 0.5) is 4.39 Å². The summed E-state index contributed by atoms with van der Waals surface area (Å²) in [7, 11) is 0. The highest BCUT2D eigenvalue weighted by molar-refractivity contribution is 6.83. The number of benzene rings is 1. The summed E-state index contributed by atoms with van der Waals surface area (Å²) in [6.45, 7) is -0.0279. The summed E-state index contributed by atoms with van der Waals surface area (Å²) in [5.74, 6) is -0.157. The predicted molar refractivity (Wildman–Crippen MR) is 82.6 cm³/mol. The third kappa shape index (κ3) is 4.20. The molecule has 2 rings (SSSR count). The number of hydrogen-bond acceptors (Lipinski definition) is 5. The van der Waals surface area contributed by atoms with Crippen molar-refractivity contribution in [2.24, 2.45) is 10.7 Å². The number of rotatable bonds is 5. The minimum absolute atomic E-state index is 0.0279. The van der Waals surface area contributed by atoms with E-state index in [0.29, 0.717) is 5.56 Å². The van der Waals surface area contributed by atoms with Crippen LogP contribution < -0.4 is 5.73 Å². The summed E-state index contributed by atoms with van der Waals surface area (Å²) in [5, 5.41) is -0.796. The van der Waals surface area contributed by atoms with Gasteiger partial charge < -0.3 is 5.73 Å². The van der Waals surface area contributed by atoms with Crippen molar-refractivity contribution in [3.05, 3.63) is 66.0 Å². The van der Waals surface area contributed by atoms with Gasteiger partial charge in [0.15, 0.2) is 5.82 Å². The van der Waals surface area contributed by atoms with E-state index >= 15 is 0 Å². The molecule has 7 heteroatoms. The molecule has 0 atom stereocenters. The van der Waals surface area contributed by atoms with E-state index in [1.807, 2.05) is 0 Å². The quantitative estimate of drug-likeness (QED) is 0.677. The van der Waals surface area contributed by atoms with Crippen LogP contribution in [0, 0.1) is 5.82 Å². The van der Waals surface area contributed by atoms with Crippen molar-refractivity contribution in [2.75, 3.05) is 0 Å². The van der Waals surface area contributed by atoms with Crippen molar-refractivity contribution in [3.8, 4) is 0 Å². The lowest BCUT2D eigenvalue weighted by molar-refractivity contribution is -0.106. The molecular formula is C15H12ClFN4O. The number of halogens is 2. The fourth-order valence-corrected chi connectivity index (χ4v) is 1.74. The fourth-order valence-electron chi connectivity index (χ4n) is 1.62. The highest BCUT2D eigenvalue weighted by atomic mass is 35.5. The van der Waals surface area contributed by atoms with Gasteiger partial charge in [-0.1, -0.05) is 18.2 Å². The Labute approximate surface area is 131 Å². The van der Waals surface area contributed by atoms with Gasteiger partial charge in [0.2, 0.25) is 0 Å². The highest BCUT2D eigenvalue weighted by Crippen LogP contribution is 2.09. The topological polar surface area (TPSA) is 81.2 Å². The Morgan fingerprint density at radius 2 is 1.95 bits per heavy atom. The van der Waals surface area contributed by atoms with Gasteiger partial charge in [-0.2, -0.15) is 0 Å². The molecule has 0 aliphatic heterocycles. The van der Waals surface area contributed by atoms with E-state index in [4.69, 9.17) is 17.3 Å². The van der Waals surface area contributed by atoms with E-state index in [9.17, 15) is 9.18 Å². The smallest absolute Gasteiger partial charge is 0.270 e. The van der Waals surface area contributed by atoms with Gasteiger partial charge in [0.25, 0.3) is 5.24 Å². The van der Waals surface area contributed by atoms with E-state index in [1.54, 1.807) is 24.3 Å². The Kier molecular flexibility index (Phi) is 5.32. The second kappa shape index (κ2) is 7.42. The normalized spacial score (nSPS) is 12.3. The van der Waals surface area contributed by atoms with Crippen molar-refractivity contribution >= 4 is 28.3 Å². The third-order valence-electron chi connectivity index (χ3n) is 2.70. The Bertz CT molecular complexity index is 731. The third-order valence-corrected chi connectivity index (χ3v) is 2.89. The van der Waals surface area contributed by atoms with Crippen LogP contribution >= 0.6 is 11.6 Å². The van der Waals surface area contributed by atoms with Crippen molar-refractivity contribution in [2.45, 2.75) is 6.54 Å². The number of carbonyl (C=O) groups is 1. The molecule has 0 saturated heterocycles. The zero-order valence-corrected chi connectivity index (χ0v) is 12.2. The summed E-state index contributed by atoms with van der Waals surface area (Å²) in [4.78, 5) is 23.3. The molecule has 0 spiro atoms. The largest absolute Gasteiger partial charge is 0.396 e. The molecule has 0 bridgehead atoms. The van der Waals surface area contributed by atoms with Crippen LogP contribution in [0.15, 0.2) is 53.8 Å². The number of nitrogens with zero attached hydrogens (tertiary/aromatic N) is 3. The van der Waals surface area contributed by atoms with Crippen molar-refractivity contribution in [1.82, 2.24) is 9.97 Å². The SMILES string of the molecule is NC(=CC(=NCc1ccccc1F)C(=O)Cl)c1ncccn1. The molecule has 1 heterocycles. The first-order valence-corrected chi connectivity index (χ1v) is 6.68. The molecule has 0 aliphatic carbocycles. The molecule has 2 N–H and O–H groups in total. The van der Waals surface area contributed by atoms with E-state index < -0.39 is 11.1 Å². The van der Waals surface area contributed by atoms with Crippen LogP contribution in [-0.4, -0.2) is 20.9 Å². The van der Waals surface area contributed by atoms with Crippen LogP contribution in [0.25, 0.3) is 5.70 Å². The molecule has 0 saturated carbocycles. The summed E-state index contributed by atoms with van der Waals surface area (Å²) >= 11 is 5.48. The zero-order chi connectivity index (χ0) is 15.9. The van der Waals surface area contributed by atoms with Crippen LogP contribution in [0.5, 0.6) is 0 Å². The molecule has 112 valence electrons. The van der Waals surface area contributed by atoms with Crippen LogP contribution in [0.3, 0.4) is 0 Å². The van der Waals surface area contributed by atoms with Gasteiger partial charge in [0.1, 0.15) is 11.5 Å². The van der Waals surface area contributed by atoms with Gasteiger partial charge in [0, 0.05) is 18.0 Å². The lowest BCUT2D eigenvalue weighted by atomic mass is 10.2. The fraction of sp³-hybridized carbons (Fsp3) is 0.0667. The first-order chi connectivity index (χ1) is 10.6. The summed E-state index contributed by atoms with van der Waals surface area (Å²) in [6, 6.07) is 7.77.